The van der Waals surface area contributed by atoms with Gasteiger partial charge < -0.3 is 4.90 Å². The lowest BCUT2D eigenvalue weighted by atomic mass is 9.87. The van der Waals surface area contributed by atoms with Crippen LogP contribution in [0.3, 0.4) is 0 Å². The van der Waals surface area contributed by atoms with E-state index in [9.17, 15) is 0 Å². The highest BCUT2D eigenvalue weighted by Crippen LogP contribution is 2.43. The summed E-state index contributed by atoms with van der Waals surface area (Å²) in [5.74, 6) is 2.05. The van der Waals surface area contributed by atoms with Crippen LogP contribution < -0.4 is 4.90 Å². The van der Waals surface area contributed by atoms with Crippen LogP contribution in [0, 0.1) is 0 Å². The maximum atomic E-state index is 5.28. The number of benzene rings is 6. The summed E-state index contributed by atoms with van der Waals surface area (Å²) in [6.07, 6.45) is 4.04. The molecule has 0 aliphatic carbocycles. The summed E-state index contributed by atoms with van der Waals surface area (Å²) in [6.45, 7) is 13.6. The number of rotatable bonds is 8. The molecule has 284 valence electrons. The van der Waals surface area contributed by atoms with E-state index in [2.05, 4.69) is 207 Å². The molecule has 0 spiro atoms. The van der Waals surface area contributed by atoms with Crippen LogP contribution in [0.15, 0.2) is 158 Å². The number of hydrogen-bond acceptors (Lipinski definition) is 3. The Morgan fingerprint density at radius 2 is 1.09 bits per heavy atom. The highest BCUT2D eigenvalue weighted by molar-refractivity contribution is 6.14. The highest BCUT2D eigenvalue weighted by atomic mass is 15.1. The van der Waals surface area contributed by atoms with Crippen molar-refractivity contribution in [2.45, 2.75) is 59.3 Å². The molecule has 0 aliphatic rings. The van der Waals surface area contributed by atoms with Gasteiger partial charge in [-0.25, -0.2) is 9.97 Å². The zero-order chi connectivity index (χ0) is 39.7. The minimum absolute atomic E-state index is 0.364. The Labute approximate surface area is 339 Å². The van der Waals surface area contributed by atoms with Crippen LogP contribution in [-0.4, -0.2) is 18.9 Å². The van der Waals surface area contributed by atoms with Crippen molar-refractivity contribution in [1.82, 2.24) is 18.9 Å². The molecular formula is C53H47N5. The van der Waals surface area contributed by atoms with Gasteiger partial charge in [0.1, 0.15) is 11.5 Å². The smallest absolute Gasteiger partial charge is 0.145 e. The molecule has 0 saturated heterocycles. The molecule has 0 bridgehead atoms. The van der Waals surface area contributed by atoms with Gasteiger partial charge in [-0.2, -0.15) is 0 Å². The van der Waals surface area contributed by atoms with Crippen molar-refractivity contribution in [2.75, 3.05) is 4.90 Å². The molecular weight excluding hydrogens is 707 g/mol. The number of nitrogens with zero attached hydrogens (tertiary/aromatic N) is 5. The molecule has 58 heavy (non-hydrogen) atoms. The third kappa shape index (κ3) is 5.67. The predicted octanol–water partition coefficient (Wildman–Crippen LogP) is 14.6. The molecule has 0 amide bonds. The van der Waals surface area contributed by atoms with Crippen molar-refractivity contribution in [3.63, 3.8) is 0 Å². The second-order valence-corrected chi connectivity index (χ2v) is 16.5. The van der Waals surface area contributed by atoms with Gasteiger partial charge >= 0.3 is 0 Å². The highest BCUT2D eigenvalue weighted by Gasteiger charge is 2.23. The monoisotopic (exact) mass is 753 g/mol. The number of para-hydroxylation sites is 3. The van der Waals surface area contributed by atoms with Crippen LogP contribution in [0.4, 0.5) is 17.1 Å². The maximum Gasteiger partial charge on any atom is 0.145 e. The van der Waals surface area contributed by atoms with Gasteiger partial charge in [0.15, 0.2) is 0 Å². The Morgan fingerprint density at radius 1 is 0.466 bits per heavy atom. The average Bonchev–Trinajstić information content (AvgIpc) is 3.84. The minimum atomic E-state index is 0.364. The first-order valence-corrected chi connectivity index (χ1v) is 20.6. The average molecular weight is 754 g/mol. The number of hydrogen-bond donors (Lipinski definition) is 0. The predicted molar refractivity (Wildman–Crippen MR) is 245 cm³/mol. The fourth-order valence-corrected chi connectivity index (χ4v) is 9.08. The van der Waals surface area contributed by atoms with Crippen LogP contribution in [0.2, 0.25) is 0 Å². The second kappa shape index (κ2) is 14.0. The van der Waals surface area contributed by atoms with Gasteiger partial charge in [-0.05, 0) is 100 Å². The molecule has 0 fully saturated rings. The molecule has 0 unspecified atom stereocenters. The Morgan fingerprint density at radius 3 is 1.79 bits per heavy atom. The van der Waals surface area contributed by atoms with Crippen molar-refractivity contribution in [2.24, 2.45) is 0 Å². The molecule has 0 N–H and O–H groups in total. The number of pyridine rings is 2. The zero-order valence-electron chi connectivity index (χ0n) is 34.0. The van der Waals surface area contributed by atoms with Gasteiger partial charge in [-0.3, -0.25) is 8.97 Å². The molecule has 0 radical (unpaired) electrons. The van der Waals surface area contributed by atoms with Crippen molar-refractivity contribution in [3.05, 3.63) is 175 Å². The van der Waals surface area contributed by atoms with Crippen molar-refractivity contribution in [3.8, 4) is 17.1 Å². The standard InChI is InChI=1S/C53H47N5/c1-33(2)36-27-28-54-51(29-36)57-47-21-12-11-18-44(47)45-26-24-39(31-49(45)57)56(37-15-8-7-9-16-37)38-23-25-42-43-17-10-13-22-48(43)58-50(32-55-53(58)46(42)30-38)52-40(34(3)4)19-14-20-41(52)35(5)6/h7-35H,1-6H3. The summed E-state index contributed by atoms with van der Waals surface area (Å²) in [5, 5.41) is 5.91. The lowest BCUT2D eigenvalue weighted by molar-refractivity contribution is 0.836. The van der Waals surface area contributed by atoms with E-state index in [4.69, 9.17) is 9.97 Å². The first kappa shape index (κ1) is 35.7. The summed E-state index contributed by atoms with van der Waals surface area (Å²) in [5.41, 5.74) is 14.0. The SMILES string of the molecule is CC(C)c1ccnc(-n2c3ccccc3c3ccc(N(c4ccccc4)c4ccc5c6ccccc6n6c(-c7c(C(C)C)cccc7C(C)C)cnc6c5c4)cc32)c1. The minimum Gasteiger partial charge on any atom is -0.310 e. The Balaban J connectivity index is 1.23. The van der Waals surface area contributed by atoms with Gasteiger partial charge in [-0.15, -0.1) is 0 Å². The van der Waals surface area contributed by atoms with Crippen LogP contribution in [0.25, 0.3) is 66.2 Å². The Hall–Kier alpha value is -6.72. The molecule has 10 rings (SSSR count). The molecule has 5 heteroatoms. The summed E-state index contributed by atoms with van der Waals surface area (Å²) in [4.78, 5) is 12.6. The van der Waals surface area contributed by atoms with E-state index in [1.807, 2.05) is 6.20 Å². The Bertz CT molecular complexity index is 3140. The van der Waals surface area contributed by atoms with E-state index < -0.39 is 0 Å². The summed E-state index contributed by atoms with van der Waals surface area (Å²) < 4.78 is 4.73. The van der Waals surface area contributed by atoms with E-state index in [1.165, 1.54) is 43.8 Å². The molecule has 4 aromatic heterocycles. The normalized spacial score (nSPS) is 12.1. The summed E-state index contributed by atoms with van der Waals surface area (Å²) >= 11 is 0. The second-order valence-electron chi connectivity index (χ2n) is 16.5. The number of anilines is 3. The van der Waals surface area contributed by atoms with Crippen LogP contribution in [-0.2, 0) is 0 Å². The van der Waals surface area contributed by atoms with Gasteiger partial charge in [0.2, 0.25) is 0 Å². The zero-order valence-corrected chi connectivity index (χ0v) is 34.0. The topological polar surface area (TPSA) is 38.4 Å². The maximum absolute atomic E-state index is 5.28. The van der Waals surface area contributed by atoms with Crippen molar-refractivity contribution in [1.29, 1.82) is 0 Å². The number of imidazole rings is 1. The molecule has 4 heterocycles. The van der Waals surface area contributed by atoms with Crippen LogP contribution in [0.5, 0.6) is 0 Å². The van der Waals surface area contributed by atoms with E-state index in [0.717, 1.165) is 56.2 Å². The van der Waals surface area contributed by atoms with Crippen molar-refractivity contribution < 1.29 is 0 Å². The summed E-state index contributed by atoms with van der Waals surface area (Å²) in [6, 6.07) is 53.1. The van der Waals surface area contributed by atoms with Gasteiger partial charge in [0.05, 0.1) is 28.4 Å². The summed E-state index contributed by atoms with van der Waals surface area (Å²) in [7, 11) is 0. The molecule has 5 nitrogen and oxygen atoms in total. The van der Waals surface area contributed by atoms with E-state index in [-0.39, 0.29) is 0 Å². The fraction of sp³-hybridized carbons (Fsp3) is 0.170. The Kier molecular flexibility index (Phi) is 8.63. The molecule has 0 saturated carbocycles. The molecule has 0 atom stereocenters. The van der Waals surface area contributed by atoms with Crippen LogP contribution in [0.1, 0.15) is 76.0 Å². The number of fused-ring (bicyclic) bond motifs is 9. The molecule has 6 aromatic carbocycles. The first-order valence-electron chi connectivity index (χ1n) is 20.6. The molecule has 0 aliphatic heterocycles. The lowest BCUT2D eigenvalue weighted by Crippen LogP contribution is -2.10. The fourth-order valence-electron chi connectivity index (χ4n) is 9.08. The lowest BCUT2D eigenvalue weighted by Gasteiger charge is -2.26. The van der Waals surface area contributed by atoms with Gasteiger partial charge in [0, 0.05) is 50.4 Å². The van der Waals surface area contributed by atoms with Crippen LogP contribution >= 0.6 is 0 Å². The van der Waals surface area contributed by atoms with E-state index in [1.54, 1.807) is 0 Å². The van der Waals surface area contributed by atoms with E-state index >= 15 is 0 Å². The van der Waals surface area contributed by atoms with E-state index in [0.29, 0.717) is 17.8 Å². The molecule has 10 aromatic rings. The number of aromatic nitrogens is 4. The third-order valence-electron chi connectivity index (χ3n) is 11.9. The quantitative estimate of drug-likeness (QED) is 0.145. The van der Waals surface area contributed by atoms with Crippen molar-refractivity contribution >= 4 is 66.2 Å². The first-order chi connectivity index (χ1) is 28.3. The largest absolute Gasteiger partial charge is 0.310 e. The van der Waals surface area contributed by atoms with Gasteiger partial charge in [-0.1, -0.05) is 126 Å². The van der Waals surface area contributed by atoms with Gasteiger partial charge in [0.25, 0.3) is 0 Å². The third-order valence-corrected chi connectivity index (χ3v) is 11.9.